The molecule has 30 heavy (non-hydrogen) atoms. The van der Waals surface area contributed by atoms with E-state index in [1.54, 1.807) is 14.2 Å². The maximum Gasteiger partial charge on any atom is 0.143 e. The molecule has 0 saturated carbocycles. The second-order valence-corrected chi connectivity index (χ2v) is 6.88. The molecule has 4 nitrogen and oxygen atoms in total. The predicted octanol–water partition coefficient (Wildman–Crippen LogP) is 4.40. The van der Waals surface area contributed by atoms with E-state index in [4.69, 9.17) is 20.6 Å². The van der Waals surface area contributed by atoms with Gasteiger partial charge in [-0.3, -0.25) is 0 Å². The van der Waals surface area contributed by atoms with Gasteiger partial charge in [-0.1, -0.05) is 54.6 Å². The summed E-state index contributed by atoms with van der Waals surface area (Å²) >= 11 is 0. The minimum atomic E-state index is -0.949. The summed E-state index contributed by atoms with van der Waals surface area (Å²) in [5.41, 5.74) is 1.81. The monoisotopic (exact) mass is 402 g/mol. The zero-order valence-corrected chi connectivity index (χ0v) is 17.2. The van der Waals surface area contributed by atoms with Crippen molar-refractivity contribution >= 4 is 0 Å². The molecule has 0 fully saturated rings. The summed E-state index contributed by atoms with van der Waals surface area (Å²) < 4.78 is 17.2. The molecule has 0 saturated heterocycles. The second kappa shape index (κ2) is 9.98. The summed E-state index contributed by atoms with van der Waals surface area (Å²) in [6.45, 7) is 0.0805. The average molecular weight is 402 g/mol. The topological polar surface area (TPSA) is 47.9 Å². The van der Waals surface area contributed by atoms with E-state index in [1.807, 2.05) is 78.9 Å². The molecular formula is C26H26O4. The van der Waals surface area contributed by atoms with Gasteiger partial charge in [-0.15, -0.1) is 12.3 Å². The van der Waals surface area contributed by atoms with Crippen LogP contribution in [0, 0.1) is 12.3 Å². The van der Waals surface area contributed by atoms with Crippen LogP contribution in [0.3, 0.4) is 0 Å². The number of aliphatic hydroxyl groups excluding tert-OH is 1. The standard InChI is InChI=1S/C26H26O4/c1-4-8-23(27)19-30-26(20-9-6-5-7-10-20,21-11-15-24(28-2)16-12-21)22-13-17-25(29-3)18-14-22/h1,5-7,9-18,23,27H,8,19H2,2-3H3/t23-/m0/s1. The molecule has 3 aromatic carbocycles. The molecule has 4 heteroatoms. The zero-order chi connectivity index (χ0) is 21.4. The molecule has 3 aromatic rings. The van der Waals surface area contributed by atoms with Gasteiger partial charge in [0.15, 0.2) is 0 Å². The Labute approximate surface area is 178 Å². The molecule has 0 radical (unpaired) electrons. The summed E-state index contributed by atoms with van der Waals surface area (Å²) in [6.07, 6.45) is 4.82. The Morgan fingerprint density at radius 3 is 1.70 bits per heavy atom. The number of methoxy groups -OCH3 is 2. The summed E-state index contributed by atoms with van der Waals surface area (Å²) in [6, 6.07) is 25.4. The highest BCUT2D eigenvalue weighted by Gasteiger charge is 2.38. The lowest BCUT2D eigenvalue weighted by atomic mass is 9.80. The van der Waals surface area contributed by atoms with Crippen LogP contribution in [-0.2, 0) is 10.3 Å². The van der Waals surface area contributed by atoms with Crippen molar-refractivity contribution in [2.75, 3.05) is 20.8 Å². The number of ether oxygens (including phenoxy) is 3. The summed E-state index contributed by atoms with van der Waals surface area (Å²) in [7, 11) is 3.27. The molecule has 3 rings (SSSR count). The van der Waals surface area contributed by atoms with Gasteiger partial charge in [0.2, 0.25) is 0 Å². The smallest absolute Gasteiger partial charge is 0.143 e. The van der Waals surface area contributed by atoms with Crippen molar-refractivity contribution < 1.29 is 19.3 Å². The number of hydrogen-bond donors (Lipinski definition) is 1. The average Bonchev–Trinajstić information content (AvgIpc) is 2.81. The highest BCUT2D eigenvalue weighted by molar-refractivity contribution is 5.49. The van der Waals surface area contributed by atoms with Gasteiger partial charge in [0.1, 0.15) is 17.1 Å². The predicted molar refractivity (Wildman–Crippen MR) is 118 cm³/mol. The van der Waals surface area contributed by atoms with Crippen molar-refractivity contribution in [1.29, 1.82) is 0 Å². The molecule has 0 aliphatic carbocycles. The van der Waals surface area contributed by atoms with E-state index in [0.717, 1.165) is 28.2 Å². The van der Waals surface area contributed by atoms with E-state index in [1.165, 1.54) is 0 Å². The Hall–Kier alpha value is -3.26. The van der Waals surface area contributed by atoms with E-state index in [2.05, 4.69) is 5.92 Å². The van der Waals surface area contributed by atoms with Crippen LogP contribution in [-0.4, -0.2) is 32.0 Å². The van der Waals surface area contributed by atoms with Crippen molar-refractivity contribution in [3.8, 4) is 23.8 Å². The van der Waals surface area contributed by atoms with Gasteiger partial charge in [0, 0.05) is 6.42 Å². The number of rotatable bonds is 9. The fourth-order valence-corrected chi connectivity index (χ4v) is 3.49. The Morgan fingerprint density at radius 1 is 0.800 bits per heavy atom. The van der Waals surface area contributed by atoms with Crippen LogP contribution in [0.25, 0.3) is 0 Å². The lowest BCUT2D eigenvalue weighted by Crippen LogP contribution is -2.35. The van der Waals surface area contributed by atoms with Gasteiger partial charge in [-0.2, -0.15) is 0 Å². The first-order valence-corrected chi connectivity index (χ1v) is 9.74. The summed E-state index contributed by atoms with van der Waals surface area (Å²) in [4.78, 5) is 0. The van der Waals surface area contributed by atoms with Crippen LogP contribution >= 0.6 is 0 Å². The Balaban J connectivity index is 2.19. The van der Waals surface area contributed by atoms with Gasteiger partial charge >= 0.3 is 0 Å². The first kappa shape index (κ1) is 21.4. The van der Waals surface area contributed by atoms with E-state index in [9.17, 15) is 5.11 Å². The second-order valence-electron chi connectivity index (χ2n) is 6.88. The third kappa shape index (κ3) is 4.49. The van der Waals surface area contributed by atoms with E-state index < -0.39 is 11.7 Å². The number of terminal acetylenes is 1. The molecule has 0 heterocycles. The fourth-order valence-electron chi connectivity index (χ4n) is 3.49. The lowest BCUT2D eigenvalue weighted by molar-refractivity contribution is -0.0363. The number of aliphatic hydroxyl groups is 1. The normalized spacial score (nSPS) is 12.1. The summed E-state index contributed by atoms with van der Waals surface area (Å²) in [5.74, 6) is 4.00. The van der Waals surface area contributed by atoms with Crippen LogP contribution in [0.5, 0.6) is 11.5 Å². The van der Waals surface area contributed by atoms with E-state index >= 15 is 0 Å². The molecule has 0 spiro atoms. The minimum absolute atomic E-state index is 0.0805. The van der Waals surface area contributed by atoms with Crippen molar-refractivity contribution in [2.24, 2.45) is 0 Å². The van der Waals surface area contributed by atoms with Crippen molar-refractivity contribution in [1.82, 2.24) is 0 Å². The molecule has 0 bridgehead atoms. The van der Waals surface area contributed by atoms with E-state index in [0.29, 0.717) is 0 Å². The van der Waals surface area contributed by atoms with Gasteiger partial charge in [-0.05, 0) is 41.0 Å². The van der Waals surface area contributed by atoms with Crippen LogP contribution in [0.15, 0.2) is 78.9 Å². The molecule has 0 aliphatic heterocycles. The van der Waals surface area contributed by atoms with Gasteiger partial charge in [0.25, 0.3) is 0 Å². The molecule has 1 N–H and O–H groups in total. The number of benzene rings is 3. The zero-order valence-electron chi connectivity index (χ0n) is 17.2. The molecule has 0 unspecified atom stereocenters. The third-order valence-electron chi connectivity index (χ3n) is 5.02. The van der Waals surface area contributed by atoms with Crippen LogP contribution in [0.4, 0.5) is 0 Å². The largest absolute Gasteiger partial charge is 0.497 e. The third-order valence-corrected chi connectivity index (χ3v) is 5.02. The first-order chi connectivity index (χ1) is 14.6. The lowest BCUT2D eigenvalue weighted by Gasteiger charge is -2.36. The Bertz CT molecular complexity index is 909. The van der Waals surface area contributed by atoms with Crippen LogP contribution in [0.2, 0.25) is 0 Å². The van der Waals surface area contributed by atoms with Crippen molar-refractivity contribution in [3.05, 3.63) is 95.6 Å². The molecular weight excluding hydrogens is 376 g/mol. The maximum atomic E-state index is 10.3. The van der Waals surface area contributed by atoms with Crippen LogP contribution < -0.4 is 9.47 Å². The molecule has 0 aliphatic rings. The fraction of sp³-hybridized carbons (Fsp3) is 0.231. The highest BCUT2D eigenvalue weighted by atomic mass is 16.5. The molecule has 1 atom stereocenters. The number of hydrogen-bond acceptors (Lipinski definition) is 4. The van der Waals surface area contributed by atoms with Crippen molar-refractivity contribution in [2.45, 2.75) is 18.1 Å². The summed E-state index contributed by atoms with van der Waals surface area (Å²) in [5, 5.41) is 10.3. The van der Waals surface area contributed by atoms with Gasteiger partial charge in [-0.25, -0.2) is 0 Å². The first-order valence-electron chi connectivity index (χ1n) is 9.74. The minimum Gasteiger partial charge on any atom is -0.497 e. The highest BCUT2D eigenvalue weighted by Crippen LogP contribution is 2.41. The molecule has 0 amide bonds. The van der Waals surface area contributed by atoms with Gasteiger partial charge < -0.3 is 19.3 Å². The van der Waals surface area contributed by atoms with Crippen LogP contribution in [0.1, 0.15) is 23.1 Å². The van der Waals surface area contributed by atoms with Crippen molar-refractivity contribution in [3.63, 3.8) is 0 Å². The quantitative estimate of drug-likeness (QED) is 0.426. The van der Waals surface area contributed by atoms with E-state index in [-0.39, 0.29) is 13.0 Å². The molecule has 154 valence electrons. The Morgan fingerprint density at radius 2 is 1.27 bits per heavy atom. The SMILES string of the molecule is C#CC[C@H](O)COC(c1ccccc1)(c1ccc(OC)cc1)c1ccc(OC)cc1. The Kier molecular flexibility index (Phi) is 7.13. The molecule has 0 aromatic heterocycles. The maximum absolute atomic E-state index is 10.3. The van der Waals surface area contributed by atoms with Gasteiger partial charge in [0.05, 0.1) is 26.9 Å².